The number of nitrogens with zero attached hydrogens (tertiary/aromatic N) is 4. The van der Waals surface area contributed by atoms with Crippen LogP contribution in [-0.4, -0.2) is 36.6 Å². The van der Waals surface area contributed by atoms with E-state index < -0.39 is 0 Å². The third-order valence-electron chi connectivity index (χ3n) is 4.62. The molecular weight excluding hydrogens is 567 g/mol. The van der Waals surface area contributed by atoms with Gasteiger partial charge >= 0.3 is 17.1 Å². The Kier molecular flexibility index (Phi) is 11.9. The average molecular weight is 587 g/mol. The molecule has 0 aliphatic rings. The van der Waals surface area contributed by atoms with Crippen LogP contribution in [0, 0.1) is 0 Å². The average Bonchev–Trinajstić information content (AvgIpc) is 2.89. The zero-order chi connectivity index (χ0) is 25.9. The van der Waals surface area contributed by atoms with Crippen LogP contribution in [0.25, 0.3) is 0 Å². The summed E-state index contributed by atoms with van der Waals surface area (Å²) in [5.74, 6) is 0.167. The summed E-state index contributed by atoms with van der Waals surface area (Å²) in [4.78, 5) is 16.1. The number of para-hydroxylation sites is 2. The van der Waals surface area contributed by atoms with Crippen molar-refractivity contribution in [2.24, 2.45) is 9.98 Å². The van der Waals surface area contributed by atoms with E-state index in [4.69, 9.17) is 32.7 Å². The van der Waals surface area contributed by atoms with Crippen molar-refractivity contribution in [2.75, 3.05) is 14.2 Å². The summed E-state index contributed by atoms with van der Waals surface area (Å²) in [6, 6.07) is 16.9. The standard InChI is InChI=1S/2C13H11ClN2O2.Cu/c2*1-18-11-6-2-4-9(12(11)17)8-16-10-5-3-7-15-13(10)14;/h2*2-8,17H,1H3;/q;;+2/p-2. The number of rotatable bonds is 6. The predicted octanol–water partition coefficient (Wildman–Crippen LogP) is 5.13. The third kappa shape index (κ3) is 8.20. The Bertz CT molecular complexity index is 1280. The number of pyridine rings is 2. The first-order chi connectivity index (χ1) is 17.4. The first-order valence-electron chi connectivity index (χ1n) is 10.4. The molecule has 0 saturated heterocycles. The maximum Gasteiger partial charge on any atom is 2.00 e. The Morgan fingerprint density at radius 1 is 0.676 bits per heavy atom. The summed E-state index contributed by atoms with van der Waals surface area (Å²) in [5, 5.41) is 24.3. The second-order valence-electron chi connectivity index (χ2n) is 6.90. The van der Waals surface area contributed by atoms with E-state index in [0.717, 1.165) is 0 Å². The van der Waals surface area contributed by atoms with E-state index in [-0.39, 0.29) is 40.1 Å². The van der Waals surface area contributed by atoms with Crippen LogP contribution in [0.2, 0.25) is 10.3 Å². The molecule has 37 heavy (non-hydrogen) atoms. The summed E-state index contributed by atoms with van der Waals surface area (Å²) in [6.07, 6.45) is 6.05. The Morgan fingerprint density at radius 2 is 1.08 bits per heavy atom. The van der Waals surface area contributed by atoms with Gasteiger partial charge in [-0.3, -0.25) is 9.98 Å². The van der Waals surface area contributed by atoms with Gasteiger partial charge in [-0.2, -0.15) is 0 Å². The second kappa shape index (κ2) is 14.8. The topological polar surface area (TPSA) is 115 Å². The number of hydrogen-bond acceptors (Lipinski definition) is 8. The van der Waals surface area contributed by atoms with Crippen LogP contribution in [-0.2, 0) is 17.1 Å². The van der Waals surface area contributed by atoms with Gasteiger partial charge in [0.1, 0.15) is 22.9 Å². The number of halogens is 2. The summed E-state index contributed by atoms with van der Waals surface area (Å²) >= 11 is 11.7. The van der Waals surface area contributed by atoms with Gasteiger partial charge in [0.25, 0.3) is 0 Å². The van der Waals surface area contributed by atoms with Crippen LogP contribution < -0.4 is 19.7 Å². The van der Waals surface area contributed by atoms with Gasteiger partial charge in [-0.25, -0.2) is 9.97 Å². The van der Waals surface area contributed by atoms with Crippen molar-refractivity contribution in [1.82, 2.24) is 9.97 Å². The SMILES string of the molecule is COc1cccc(C=Nc2cccnc2Cl)c1[O-].COc1cccc(C=Nc2cccnc2Cl)c1[O-].[Cu+2]. The fourth-order valence-electron chi connectivity index (χ4n) is 2.82. The van der Waals surface area contributed by atoms with Crippen LogP contribution >= 0.6 is 23.2 Å². The molecule has 0 amide bonds. The van der Waals surface area contributed by atoms with E-state index in [1.54, 1.807) is 73.1 Å². The molecule has 2 aromatic carbocycles. The molecule has 0 N–H and O–H groups in total. The zero-order valence-corrected chi connectivity index (χ0v) is 22.0. The molecule has 0 spiro atoms. The van der Waals surface area contributed by atoms with Crippen LogP contribution in [0.5, 0.6) is 23.0 Å². The van der Waals surface area contributed by atoms with E-state index in [0.29, 0.717) is 32.8 Å². The molecule has 193 valence electrons. The van der Waals surface area contributed by atoms with Crippen LogP contribution in [0.3, 0.4) is 0 Å². The molecule has 0 saturated carbocycles. The number of benzene rings is 2. The first kappa shape index (κ1) is 29.6. The summed E-state index contributed by atoms with van der Waals surface area (Å²) in [7, 11) is 2.91. The number of aliphatic imine (C=N–C) groups is 2. The van der Waals surface area contributed by atoms with Gasteiger partial charge in [-0.1, -0.05) is 59.0 Å². The molecular formula is C26H20Cl2CuN4O4. The van der Waals surface area contributed by atoms with Gasteiger partial charge in [0.15, 0.2) is 10.3 Å². The van der Waals surface area contributed by atoms with Crippen molar-refractivity contribution in [1.29, 1.82) is 0 Å². The molecule has 0 unspecified atom stereocenters. The molecule has 0 atom stereocenters. The van der Waals surface area contributed by atoms with E-state index in [9.17, 15) is 10.2 Å². The molecule has 4 rings (SSSR count). The number of ether oxygens (including phenoxy) is 2. The molecule has 2 aromatic heterocycles. The van der Waals surface area contributed by atoms with Gasteiger partial charge < -0.3 is 19.7 Å². The fourth-order valence-corrected chi connectivity index (χ4v) is 3.15. The molecule has 0 bridgehead atoms. The van der Waals surface area contributed by atoms with Crippen LogP contribution in [0.1, 0.15) is 11.1 Å². The first-order valence-corrected chi connectivity index (χ1v) is 11.2. The van der Waals surface area contributed by atoms with Gasteiger partial charge in [0.2, 0.25) is 0 Å². The molecule has 8 nitrogen and oxygen atoms in total. The van der Waals surface area contributed by atoms with Crippen molar-refractivity contribution in [3.05, 3.63) is 94.5 Å². The number of methoxy groups -OCH3 is 2. The molecule has 0 fully saturated rings. The molecule has 2 heterocycles. The Morgan fingerprint density at radius 3 is 1.43 bits per heavy atom. The minimum atomic E-state index is -0.205. The molecule has 0 aliphatic heterocycles. The summed E-state index contributed by atoms with van der Waals surface area (Å²) < 4.78 is 9.90. The molecule has 4 aromatic rings. The minimum absolute atomic E-state index is 0. The Labute approximate surface area is 234 Å². The van der Waals surface area contributed by atoms with Gasteiger partial charge in [-0.05, 0) is 47.5 Å². The molecule has 0 aliphatic carbocycles. The smallest absolute Gasteiger partial charge is 0.870 e. The zero-order valence-electron chi connectivity index (χ0n) is 19.6. The van der Waals surface area contributed by atoms with E-state index in [1.807, 2.05) is 0 Å². The van der Waals surface area contributed by atoms with Crippen molar-refractivity contribution < 1.29 is 36.8 Å². The Balaban J connectivity index is 0.000000253. The predicted molar refractivity (Wildman–Crippen MR) is 138 cm³/mol. The molecule has 11 heteroatoms. The van der Waals surface area contributed by atoms with Gasteiger partial charge in [0.05, 0.1) is 14.2 Å². The molecule has 1 radical (unpaired) electrons. The quantitative estimate of drug-likeness (QED) is 0.176. The second-order valence-corrected chi connectivity index (χ2v) is 7.62. The fraction of sp³-hybridized carbons (Fsp3) is 0.0769. The van der Waals surface area contributed by atoms with E-state index in [1.165, 1.54) is 26.6 Å². The third-order valence-corrected chi connectivity index (χ3v) is 5.21. The largest absolute Gasteiger partial charge is 2.00 e. The van der Waals surface area contributed by atoms with Crippen molar-refractivity contribution in [2.45, 2.75) is 0 Å². The normalized spacial score (nSPS) is 10.5. The van der Waals surface area contributed by atoms with E-state index in [2.05, 4.69) is 20.0 Å². The van der Waals surface area contributed by atoms with Gasteiger partial charge in [-0.15, -0.1) is 0 Å². The van der Waals surface area contributed by atoms with Crippen molar-refractivity contribution in [3.8, 4) is 23.0 Å². The van der Waals surface area contributed by atoms with Gasteiger partial charge in [0, 0.05) is 24.8 Å². The number of hydrogen-bond donors (Lipinski definition) is 0. The van der Waals surface area contributed by atoms with E-state index >= 15 is 0 Å². The van der Waals surface area contributed by atoms with Crippen LogP contribution in [0.4, 0.5) is 11.4 Å². The number of aromatic nitrogens is 2. The minimum Gasteiger partial charge on any atom is -0.870 e. The van der Waals surface area contributed by atoms with Crippen LogP contribution in [0.15, 0.2) is 83.0 Å². The summed E-state index contributed by atoms with van der Waals surface area (Å²) in [6.45, 7) is 0. The monoisotopic (exact) mass is 585 g/mol. The Hall–Kier alpha value is -3.62. The maximum atomic E-state index is 11.8. The maximum absolute atomic E-state index is 11.8. The van der Waals surface area contributed by atoms with Crippen molar-refractivity contribution >= 4 is 47.0 Å². The summed E-state index contributed by atoms with van der Waals surface area (Å²) in [5.41, 5.74) is 1.91. The van der Waals surface area contributed by atoms with Crippen molar-refractivity contribution in [3.63, 3.8) is 0 Å².